The van der Waals surface area contributed by atoms with Gasteiger partial charge in [0.2, 0.25) is 0 Å². The van der Waals surface area contributed by atoms with Gasteiger partial charge in [0.25, 0.3) is 0 Å². The van der Waals surface area contributed by atoms with E-state index in [1.54, 1.807) is 19.2 Å². The second kappa shape index (κ2) is 5.76. The van der Waals surface area contributed by atoms with Gasteiger partial charge in [-0.3, -0.25) is 4.79 Å². The van der Waals surface area contributed by atoms with Crippen LogP contribution in [0.15, 0.2) is 12.3 Å². The Kier molecular flexibility index (Phi) is 4.34. The normalized spacial score (nSPS) is 9.12. The molecule has 1 heterocycles. The lowest BCUT2D eigenvalue weighted by Crippen LogP contribution is -2.02. The van der Waals surface area contributed by atoms with Crippen molar-refractivity contribution in [3.63, 3.8) is 0 Å². The fourth-order valence-electron chi connectivity index (χ4n) is 1.11. The minimum Gasteiger partial charge on any atom is -0.465 e. The molecule has 0 saturated heterocycles. The number of hydrogen-bond donors (Lipinski definition) is 1. The molecule has 0 radical (unpaired) electrons. The summed E-state index contributed by atoms with van der Waals surface area (Å²) in [7, 11) is 0. The Morgan fingerprint density at radius 3 is 3.00 bits per heavy atom. The second-order valence-electron chi connectivity index (χ2n) is 3.23. The van der Waals surface area contributed by atoms with E-state index in [1.807, 2.05) is 6.92 Å². The number of nitrogens with two attached hydrogens (primary N) is 1. The van der Waals surface area contributed by atoms with E-state index in [4.69, 9.17) is 10.5 Å². The fourth-order valence-corrected chi connectivity index (χ4v) is 1.11. The standard InChI is InChI=1S/C12H14N2O2/c1-3-16-12(15)6-4-5-11-10(13)7-9(2)8-14-11/h7-8H,3,6,13H2,1-2H3. The van der Waals surface area contributed by atoms with E-state index in [9.17, 15) is 4.79 Å². The van der Waals surface area contributed by atoms with Crippen LogP contribution in [0, 0.1) is 18.8 Å². The lowest BCUT2D eigenvalue weighted by Gasteiger charge is -1.98. The number of nitrogen functional groups attached to an aromatic ring is 1. The molecule has 0 amide bonds. The van der Waals surface area contributed by atoms with Crippen LogP contribution < -0.4 is 5.73 Å². The molecule has 1 rings (SSSR count). The first-order valence-electron chi connectivity index (χ1n) is 5.00. The quantitative estimate of drug-likeness (QED) is 0.599. The first-order chi connectivity index (χ1) is 7.63. The third-order valence-electron chi connectivity index (χ3n) is 1.80. The van der Waals surface area contributed by atoms with Crippen molar-refractivity contribution in [2.24, 2.45) is 0 Å². The first-order valence-corrected chi connectivity index (χ1v) is 5.00. The van der Waals surface area contributed by atoms with Crippen LogP contribution in [0.25, 0.3) is 0 Å². The Balaban J connectivity index is 2.66. The molecule has 16 heavy (non-hydrogen) atoms. The first kappa shape index (κ1) is 12.1. The monoisotopic (exact) mass is 218 g/mol. The molecule has 0 aliphatic rings. The van der Waals surface area contributed by atoms with Crippen LogP contribution in [0.3, 0.4) is 0 Å². The molecule has 0 saturated carbocycles. The van der Waals surface area contributed by atoms with Gasteiger partial charge in [-0.1, -0.05) is 5.92 Å². The number of esters is 1. The van der Waals surface area contributed by atoms with E-state index in [0.29, 0.717) is 18.0 Å². The van der Waals surface area contributed by atoms with E-state index in [-0.39, 0.29) is 12.4 Å². The number of carbonyl (C=O) groups is 1. The van der Waals surface area contributed by atoms with Gasteiger partial charge in [-0.15, -0.1) is 0 Å². The molecule has 0 aromatic carbocycles. The van der Waals surface area contributed by atoms with Crippen molar-refractivity contribution in [1.82, 2.24) is 4.98 Å². The molecule has 0 aliphatic carbocycles. The number of rotatable bonds is 2. The minimum absolute atomic E-state index is 0.0584. The van der Waals surface area contributed by atoms with Crippen molar-refractivity contribution in [3.8, 4) is 11.8 Å². The maximum Gasteiger partial charge on any atom is 0.317 e. The van der Waals surface area contributed by atoms with Crippen LogP contribution in [-0.2, 0) is 9.53 Å². The summed E-state index contributed by atoms with van der Waals surface area (Å²) in [5.41, 5.74) is 7.72. The number of nitrogens with zero attached hydrogens (tertiary/aromatic N) is 1. The molecular formula is C12H14N2O2. The summed E-state index contributed by atoms with van der Waals surface area (Å²) in [6.07, 6.45) is 1.74. The zero-order chi connectivity index (χ0) is 12.0. The maximum atomic E-state index is 11.0. The van der Waals surface area contributed by atoms with Crippen LogP contribution in [0.5, 0.6) is 0 Å². The number of ether oxygens (including phenoxy) is 1. The van der Waals surface area contributed by atoms with Gasteiger partial charge in [-0.05, 0) is 31.4 Å². The van der Waals surface area contributed by atoms with Crippen molar-refractivity contribution < 1.29 is 9.53 Å². The summed E-state index contributed by atoms with van der Waals surface area (Å²) in [6, 6.07) is 1.79. The van der Waals surface area contributed by atoms with Gasteiger partial charge in [-0.2, -0.15) is 0 Å². The molecule has 2 N–H and O–H groups in total. The van der Waals surface area contributed by atoms with Gasteiger partial charge in [-0.25, -0.2) is 4.98 Å². The second-order valence-corrected chi connectivity index (χ2v) is 3.23. The highest BCUT2D eigenvalue weighted by Crippen LogP contribution is 2.08. The van der Waals surface area contributed by atoms with Crippen LogP contribution in [0.4, 0.5) is 5.69 Å². The van der Waals surface area contributed by atoms with E-state index < -0.39 is 0 Å². The summed E-state index contributed by atoms with van der Waals surface area (Å²) < 4.78 is 4.74. The average molecular weight is 218 g/mol. The van der Waals surface area contributed by atoms with Gasteiger partial charge in [0, 0.05) is 6.20 Å². The highest BCUT2D eigenvalue weighted by Gasteiger charge is 1.98. The molecule has 0 unspecified atom stereocenters. The summed E-state index contributed by atoms with van der Waals surface area (Å²) in [5.74, 6) is 5.09. The third kappa shape index (κ3) is 3.62. The SMILES string of the molecule is CCOC(=O)CC#Cc1ncc(C)cc1N. The Labute approximate surface area is 94.8 Å². The number of carbonyl (C=O) groups excluding carboxylic acids is 1. The smallest absolute Gasteiger partial charge is 0.317 e. The lowest BCUT2D eigenvalue weighted by molar-refractivity contribution is -0.141. The lowest BCUT2D eigenvalue weighted by atomic mass is 10.2. The topological polar surface area (TPSA) is 65.2 Å². The van der Waals surface area contributed by atoms with Crippen LogP contribution >= 0.6 is 0 Å². The minimum atomic E-state index is -0.333. The van der Waals surface area contributed by atoms with Gasteiger partial charge >= 0.3 is 5.97 Å². The maximum absolute atomic E-state index is 11.0. The Morgan fingerprint density at radius 1 is 1.62 bits per heavy atom. The number of aromatic nitrogens is 1. The Hall–Kier alpha value is -2.02. The zero-order valence-corrected chi connectivity index (χ0v) is 9.41. The summed E-state index contributed by atoms with van der Waals surface area (Å²) in [4.78, 5) is 15.1. The van der Waals surface area contributed by atoms with Crippen LogP contribution in [0.2, 0.25) is 0 Å². The molecule has 84 valence electrons. The summed E-state index contributed by atoms with van der Waals surface area (Å²) >= 11 is 0. The Bertz CT molecular complexity index is 444. The van der Waals surface area contributed by atoms with Crippen LogP contribution in [0.1, 0.15) is 24.6 Å². The molecule has 4 nitrogen and oxygen atoms in total. The predicted octanol–water partition coefficient (Wildman–Crippen LogP) is 1.28. The van der Waals surface area contributed by atoms with Crippen molar-refractivity contribution >= 4 is 11.7 Å². The molecule has 0 aliphatic heterocycles. The van der Waals surface area contributed by atoms with E-state index in [2.05, 4.69) is 16.8 Å². The van der Waals surface area contributed by atoms with E-state index >= 15 is 0 Å². The molecule has 1 aromatic rings. The molecular weight excluding hydrogens is 204 g/mol. The van der Waals surface area contributed by atoms with Crippen molar-refractivity contribution in [2.75, 3.05) is 12.3 Å². The highest BCUT2D eigenvalue weighted by molar-refractivity contribution is 5.72. The molecule has 4 heteroatoms. The summed E-state index contributed by atoms with van der Waals surface area (Å²) in [5, 5.41) is 0. The third-order valence-corrected chi connectivity index (χ3v) is 1.80. The average Bonchev–Trinajstić information content (AvgIpc) is 2.22. The zero-order valence-electron chi connectivity index (χ0n) is 9.41. The van der Waals surface area contributed by atoms with Crippen molar-refractivity contribution in [3.05, 3.63) is 23.5 Å². The van der Waals surface area contributed by atoms with Gasteiger partial charge in [0.1, 0.15) is 12.1 Å². The van der Waals surface area contributed by atoms with Gasteiger partial charge in [0.05, 0.1) is 12.3 Å². The highest BCUT2D eigenvalue weighted by atomic mass is 16.5. The van der Waals surface area contributed by atoms with Crippen molar-refractivity contribution in [2.45, 2.75) is 20.3 Å². The largest absolute Gasteiger partial charge is 0.465 e. The van der Waals surface area contributed by atoms with E-state index in [0.717, 1.165) is 5.56 Å². The van der Waals surface area contributed by atoms with Crippen LogP contribution in [-0.4, -0.2) is 17.6 Å². The predicted molar refractivity (Wildman–Crippen MR) is 61.5 cm³/mol. The fraction of sp³-hybridized carbons (Fsp3) is 0.333. The van der Waals surface area contributed by atoms with Crippen molar-refractivity contribution in [1.29, 1.82) is 0 Å². The number of anilines is 1. The molecule has 1 aromatic heterocycles. The number of aryl methyl sites for hydroxylation is 1. The molecule has 0 spiro atoms. The molecule has 0 atom stereocenters. The van der Waals surface area contributed by atoms with E-state index in [1.165, 1.54) is 0 Å². The van der Waals surface area contributed by atoms with Gasteiger partial charge < -0.3 is 10.5 Å². The molecule has 0 fully saturated rings. The summed E-state index contributed by atoms with van der Waals surface area (Å²) in [6.45, 7) is 4.02. The number of hydrogen-bond acceptors (Lipinski definition) is 4. The number of pyridine rings is 1. The Morgan fingerprint density at radius 2 is 2.38 bits per heavy atom. The molecule has 0 bridgehead atoms. The van der Waals surface area contributed by atoms with Gasteiger partial charge in [0.15, 0.2) is 0 Å².